The van der Waals surface area contributed by atoms with Gasteiger partial charge in [0.1, 0.15) is 0 Å². The summed E-state index contributed by atoms with van der Waals surface area (Å²) < 4.78 is 5.06. The maximum Gasteiger partial charge on any atom is 0.291 e. The molecular weight excluding hydrogens is 292 g/mol. The summed E-state index contributed by atoms with van der Waals surface area (Å²) >= 11 is 0. The SMILES string of the molecule is O=C(Nc1cccc(NC(=O)C2CCCCC2)c1)c1ccco1. The maximum absolute atomic E-state index is 12.3. The van der Waals surface area contributed by atoms with Crippen molar-refractivity contribution >= 4 is 23.2 Å². The molecule has 5 nitrogen and oxygen atoms in total. The number of nitrogens with one attached hydrogen (secondary N) is 2. The molecule has 0 saturated heterocycles. The molecule has 1 aromatic heterocycles. The Hall–Kier alpha value is -2.56. The molecule has 2 amide bonds. The van der Waals surface area contributed by atoms with Crippen LogP contribution in [0.5, 0.6) is 0 Å². The Morgan fingerprint density at radius 3 is 2.39 bits per heavy atom. The van der Waals surface area contributed by atoms with Crippen molar-refractivity contribution in [2.75, 3.05) is 10.6 Å². The largest absolute Gasteiger partial charge is 0.459 e. The van der Waals surface area contributed by atoms with Crippen LogP contribution in [0.1, 0.15) is 42.7 Å². The number of amides is 2. The summed E-state index contributed by atoms with van der Waals surface area (Å²) in [6, 6.07) is 10.4. The van der Waals surface area contributed by atoms with Gasteiger partial charge in [-0.25, -0.2) is 0 Å². The first-order valence-electron chi connectivity index (χ1n) is 7.98. The van der Waals surface area contributed by atoms with Gasteiger partial charge in [0.15, 0.2) is 5.76 Å². The fourth-order valence-electron chi connectivity index (χ4n) is 2.88. The van der Waals surface area contributed by atoms with Crippen LogP contribution in [-0.4, -0.2) is 11.8 Å². The van der Waals surface area contributed by atoms with Gasteiger partial charge < -0.3 is 15.1 Å². The van der Waals surface area contributed by atoms with E-state index in [1.54, 1.807) is 30.3 Å². The molecule has 1 heterocycles. The Morgan fingerprint density at radius 2 is 1.70 bits per heavy atom. The fraction of sp³-hybridized carbons (Fsp3) is 0.333. The quantitative estimate of drug-likeness (QED) is 0.894. The highest BCUT2D eigenvalue weighted by Gasteiger charge is 2.21. The summed E-state index contributed by atoms with van der Waals surface area (Å²) in [4.78, 5) is 24.2. The van der Waals surface area contributed by atoms with Crippen LogP contribution < -0.4 is 10.6 Å². The number of benzene rings is 1. The average Bonchev–Trinajstić information content (AvgIpc) is 3.10. The van der Waals surface area contributed by atoms with Crippen molar-refractivity contribution in [1.82, 2.24) is 0 Å². The van der Waals surface area contributed by atoms with Gasteiger partial charge in [-0.05, 0) is 43.2 Å². The van der Waals surface area contributed by atoms with E-state index in [2.05, 4.69) is 10.6 Å². The average molecular weight is 312 g/mol. The molecule has 2 aromatic rings. The molecule has 0 bridgehead atoms. The number of furan rings is 1. The predicted molar refractivity (Wildman–Crippen MR) is 88.3 cm³/mol. The lowest BCUT2D eigenvalue weighted by molar-refractivity contribution is -0.120. The van der Waals surface area contributed by atoms with Gasteiger partial charge >= 0.3 is 0 Å². The lowest BCUT2D eigenvalue weighted by Crippen LogP contribution is -2.24. The molecule has 1 saturated carbocycles. The zero-order valence-corrected chi connectivity index (χ0v) is 12.9. The zero-order valence-electron chi connectivity index (χ0n) is 12.9. The number of hydrogen-bond donors (Lipinski definition) is 2. The standard InChI is InChI=1S/C18H20N2O3/c21-17(13-6-2-1-3-7-13)19-14-8-4-9-15(12-14)20-18(22)16-10-5-11-23-16/h4-5,8-13H,1-3,6-7H2,(H,19,21)(H,20,22). The summed E-state index contributed by atoms with van der Waals surface area (Å²) in [6.07, 6.45) is 6.84. The van der Waals surface area contributed by atoms with Crippen molar-refractivity contribution in [3.05, 3.63) is 48.4 Å². The lowest BCUT2D eigenvalue weighted by Gasteiger charge is -2.20. The predicted octanol–water partition coefficient (Wildman–Crippen LogP) is 4.05. The molecular formula is C18H20N2O3. The molecule has 0 aliphatic heterocycles. The first kappa shape index (κ1) is 15.3. The minimum absolute atomic E-state index is 0.0687. The lowest BCUT2D eigenvalue weighted by atomic mass is 9.88. The van der Waals surface area contributed by atoms with E-state index in [9.17, 15) is 9.59 Å². The monoisotopic (exact) mass is 312 g/mol. The summed E-state index contributed by atoms with van der Waals surface area (Å²) in [5.41, 5.74) is 1.31. The fourth-order valence-corrected chi connectivity index (χ4v) is 2.88. The third kappa shape index (κ3) is 4.00. The van der Waals surface area contributed by atoms with Crippen molar-refractivity contribution in [2.45, 2.75) is 32.1 Å². The van der Waals surface area contributed by atoms with Gasteiger partial charge in [0.25, 0.3) is 5.91 Å². The molecule has 0 atom stereocenters. The number of carbonyl (C=O) groups is 2. The summed E-state index contributed by atoms with van der Waals surface area (Å²) in [5.74, 6) is 0.108. The van der Waals surface area contributed by atoms with Crippen LogP contribution in [0.25, 0.3) is 0 Å². The number of carbonyl (C=O) groups excluding carboxylic acids is 2. The van der Waals surface area contributed by atoms with Crippen LogP contribution in [0, 0.1) is 5.92 Å². The Bertz CT molecular complexity index is 673. The molecule has 1 aliphatic rings. The van der Waals surface area contributed by atoms with Crippen LogP contribution >= 0.6 is 0 Å². The summed E-state index contributed by atoms with van der Waals surface area (Å²) in [5, 5.41) is 5.70. The highest BCUT2D eigenvalue weighted by molar-refractivity contribution is 6.02. The molecule has 1 aliphatic carbocycles. The third-order valence-corrected chi connectivity index (χ3v) is 4.11. The van der Waals surface area contributed by atoms with E-state index in [4.69, 9.17) is 4.42 Å². The molecule has 5 heteroatoms. The third-order valence-electron chi connectivity index (χ3n) is 4.11. The van der Waals surface area contributed by atoms with E-state index in [0.717, 1.165) is 25.7 Å². The molecule has 120 valence electrons. The van der Waals surface area contributed by atoms with Crippen molar-refractivity contribution in [3.8, 4) is 0 Å². The summed E-state index contributed by atoms with van der Waals surface area (Å²) in [7, 11) is 0. The molecule has 23 heavy (non-hydrogen) atoms. The molecule has 1 aromatic carbocycles. The number of rotatable bonds is 4. The van der Waals surface area contributed by atoms with Crippen LogP contribution in [-0.2, 0) is 4.79 Å². The molecule has 1 fully saturated rings. The maximum atomic E-state index is 12.3. The Balaban J connectivity index is 1.62. The van der Waals surface area contributed by atoms with Gasteiger partial charge in [0.05, 0.1) is 6.26 Å². The topological polar surface area (TPSA) is 71.3 Å². The van der Waals surface area contributed by atoms with Crippen LogP contribution in [0.2, 0.25) is 0 Å². The van der Waals surface area contributed by atoms with Crippen LogP contribution in [0.3, 0.4) is 0 Å². The minimum Gasteiger partial charge on any atom is -0.459 e. The van der Waals surface area contributed by atoms with Crippen molar-refractivity contribution in [2.24, 2.45) is 5.92 Å². The first-order chi connectivity index (χ1) is 11.2. The van der Waals surface area contributed by atoms with E-state index >= 15 is 0 Å². The van der Waals surface area contributed by atoms with Gasteiger partial charge in [-0.1, -0.05) is 25.3 Å². The van der Waals surface area contributed by atoms with Crippen molar-refractivity contribution < 1.29 is 14.0 Å². The van der Waals surface area contributed by atoms with Gasteiger partial charge in [-0.15, -0.1) is 0 Å². The Kier molecular flexibility index (Phi) is 4.76. The molecule has 3 rings (SSSR count). The van der Waals surface area contributed by atoms with Crippen LogP contribution in [0.4, 0.5) is 11.4 Å². The number of anilines is 2. The van der Waals surface area contributed by atoms with Gasteiger partial charge in [0.2, 0.25) is 5.91 Å². The van der Waals surface area contributed by atoms with E-state index < -0.39 is 0 Å². The summed E-state index contributed by atoms with van der Waals surface area (Å²) in [6.45, 7) is 0. The zero-order chi connectivity index (χ0) is 16.1. The van der Waals surface area contributed by atoms with E-state index in [-0.39, 0.29) is 23.5 Å². The normalized spacial score (nSPS) is 15.1. The second-order valence-electron chi connectivity index (χ2n) is 5.84. The first-order valence-corrected chi connectivity index (χ1v) is 7.98. The second-order valence-corrected chi connectivity index (χ2v) is 5.84. The van der Waals surface area contributed by atoms with Crippen LogP contribution in [0.15, 0.2) is 47.1 Å². The van der Waals surface area contributed by atoms with Gasteiger partial charge in [0, 0.05) is 17.3 Å². The minimum atomic E-state index is -0.314. The van der Waals surface area contributed by atoms with Crippen molar-refractivity contribution in [3.63, 3.8) is 0 Å². The smallest absolute Gasteiger partial charge is 0.291 e. The van der Waals surface area contributed by atoms with E-state index in [1.165, 1.54) is 12.7 Å². The Labute approximate surface area is 135 Å². The molecule has 0 unspecified atom stereocenters. The Morgan fingerprint density at radius 1 is 0.957 bits per heavy atom. The highest BCUT2D eigenvalue weighted by atomic mass is 16.3. The second kappa shape index (κ2) is 7.13. The molecule has 0 spiro atoms. The highest BCUT2D eigenvalue weighted by Crippen LogP contribution is 2.25. The van der Waals surface area contributed by atoms with Gasteiger partial charge in [-0.3, -0.25) is 9.59 Å². The van der Waals surface area contributed by atoms with E-state index in [0.29, 0.717) is 11.4 Å². The van der Waals surface area contributed by atoms with E-state index in [1.807, 2.05) is 6.07 Å². The van der Waals surface area contributed by atoms with Crippen molar-refractivity contribution in [1.29, 1.82) is 0 Å². The molecule has 0 radical (unpaired) electrons. The molecule has 2 N–H and O–H groups in total. The van der Waals surface area contributed by atoms with Gasteiger partial charge in [-0.2, -0.15) is 0 Å². The number of hydrogen-bond acceptors (Lipinski definition) is 3.